The minimum absolute atomic E-state index is 0.287. The van der Waals surface area contributed by atoms with Gasteiger partial charge in [0.2, 0.25) is 0 Å². The van der Waals surface area contributed by atoms with Gasteiger partial charge in [-0.05, 0) is 42.0 Å². The lowest BCUT2D eigenvalue weighted by Crippen LogP contribution is -2.37. The van der Waals surface area contributed by atoms with Crippen molar-refractivity contribution in [2.75, 3.05) is 18.6 Å². The molecule has 2 aromatic heterocycles. The smallest absolute Gasteiger partial charge is 0.315 e. The van der Waals surface area contributed by atoms with E-state index in [1.807, 2.05) is 30.3 Å². The second-order valence-electron chi connectivity index (χ2n) is 6.95. The maximum atomic E-state index is 12.6. The lowest BCUT2D eigenvalue weighted by Gasteiger charge is -2.31. The Balaban J connectivity index is 1.62. The molecule has 29 heavy (non-hydrogen) atoms. The molecular formula is C21H15ClN4O2S. The van der Waals surface area contributed by atoms with Crippen molar-refractivity contribution in [3.63, 3.8) is 0 Å². The SMILES string of the molecule is COC(=O)C1CN(c2nc3ccc(C#N)cc3s2)Cc2[nH]c3ccc(Cl)cc3c21. The number of halogens is 1. The number of ether oxygens (including phenoxy) is 1. The van der Waals surface area contributed by atoms with Crippen LogP contribution in [0.25, 0.3) is 21.1 Å². The maximum absolute atomic E-state index is 12.6. The number of rotatable bonds is 2. The van der Waals surface area contributed by atoms with Crippen LogP contribution in [-0.4, -0.2) is 29.6 Å². The molecule has 1 aliphatic heterocycles. The van der Waals surface area contributed by atoms with E-state index in [2.05, 4.69) is 16.0 Å². The van der Waals surface area contributed by atoms with Crippen molar-refractivity contribution in [1.82, 2.24) is 9.97 Å². The summed E-state index contributed by atoms with van der Waals surface area (Å²) in [5, 5.41) is 11.5. The number of anilines is 1. The molecule has 0 amide bonds. The molecule has 5 rings (SSSR count). The Morgan fingerprint density at radius 2 is 2.24 bits per heavy atom. The van der Waals surface area contributed by atoms with Gasteiger partial charge in [-0.15, -0.1) is 0 Å². The standard InChI is InChI=1S/C21H15ClN4O2S/c1-28-20(27)14-9-26(21-25-16-4-2-11(8-23)6-18(16)29-21)10-17-19(14)13-7-12(22)3-5-15(13)24-17/h2-7,14,24H,9-10H2,1H3. The number of methoxy groups -OCH3 is 1. The summed E-state index contributed by atoms with van der Waals surface area (Å²) in [7, 11) is 1.41. The third kappa shape index (κ3) is 2.92. The van der Waals surface area contributed by atoms with Crippen LogP contribution >= 0.6 is 22.9 Å². The van der Waals surface area contributed by atoms with Crippen molar-refractivity contribution in [2.24, 2.45) is 0 Å². The molecule has 0 fully saturated rings. The number of fused-ring (bicyclic) bond motifs is 4. The van der Waals surface area contributed by atoms with Gasteiger partial charge in [0.25, 0.3) is 0 Å². The van der Waals surface area contributed by atoms with Crippen LogP contribution in [0.2, 0.25) is 5.02 Å². The molecule has 2 aromatic carbocycles. The fourth-order valence-corrected chi connectivity index (χ4v) is 5.11. The summed E-state index contributed by atoms with van der Waals surface area (Å²) in [6.45, 7) is 1.06. The molecule has 0 saturated carbocycles. The second-order valence-corrected chi connectivity index (χ2v) is 8.40. The van der Waals surface area contributed by atoms with Gasteiger partial charge in [0.1, 0.15) is 5.92 Å². The Kier molecular flexibility index (Phi) is 4.19. The van der Waals surface area contributed by atoms with Gasteiger partial charge in [-0.3, -0.25) is 4.79 Å². The number of carbonyl (C=O) groups is 1. The van der Waals surface area contributed by atoms with E-state index in [-0.39, 0.29) is 5.97 Å². The predicted molar refractivity (Wildman–Crippen MR) is 113 cm³/mol. The quantitative estimate of drug-likeness (QED) is 0.478. The monoisotopic (exact) mass is 422 g/mol. The summed E-state index contributed by atoms with van der Waals surface area (Å²) in [5.41, 5.74) is 4.29. The van der Waals surface area contributed by atoms with E-state index in [1.165, 1.54) is 18.4 Å². The first kappa shape index (κ1) is 18.0. The normalized spacial score (nSPS) is 16.0. The molecule has 144 valence electrons. The third-order valence-corrected chi connectivity index (χ3v) is 6.56. The van der Waals surface area contributed by atoms with Crippen LogP contribution in [0.3, 0.4) is 0 Å². The highest BCUT2D eigenvalue weighted by molar-refractivity contribution is 7.22. The summed E-state index contributed by atoms with van der Waals surface area (Å²) in [6, 6.07) is 13.3. The molecule has 0 saturated heterocycles. The lowest BCUT2D eigenvalue weighted by molar-refractivity contribution is -0.142. The van der Waals surface area contributed by atoms with E-state index in [1.54, 1.807) is 6.07 Å². The number of nitrogens with zero attached hydrogens (tertiary/aromatic N) is 3. The highest BCUT2D eigenvalue weighted by atomic mass is 35.5. The van der Waals surface area contributed by atoms with Crippen LogP contribution in [0, 0.1) is 11.3 Å². The number of esters is 1. The molecule has 0 spiro atoms. The number of thiazole rings is 1. The van der Waals surface area contributed by atoms with Crippen LogP contribution in [0.4, 0.5) is 5.13 Å². The number of carbonyl (C=O) groups excluding carboxylic acids is 1. The van der Waals surface area contributed by atoms with Crippen LogP contribution < -0.4 is 4.90 Å². The average Bonchev–Trinajstić information content (AvgIpc) is 3.32. The van der Waals surface area contributed by atoms with Gasteiger partial charge >= 0.3 is 5.97 Å². The molecule has 8 heteroatoms. The van der Waals surface area contributed by atoms with Crippen molar-refractivity contribution >= 4 is 55.2 Å². The van der Waals surface area contributed by atoms with Crippen LogP contribution in [0.15, 0.2) is 36.4 Å². The van der Waals surface area contributed by atoms with E-state index in [0.29, 0.717) is 23.7 Å². The number of benzene rings is 2. The zero-order valence-electron chi connectivity index (χ0n) is 15.4. The Labute approximate surface area is 175 Å². The first-order chi connectivity index (χ1) is 14.1. The van der Waals surface area contributed by atoms with Gasteiger partial charge in [-0.2, -0.15) is 5.26 Å². The number of aromatic amines is 1. The van der Waals surface area contributed by atoms with Crippen molar-refractivity contribution in [2.45, 2.75) is 12.5 Å². The Bertz CT molecular complexity index is 1320. The largest absolute Gasteiger partial charge is 0.468 e. The van der Waals surface area contributed by atoms with E-state index in [9.17, 15) is 4.79 Å². The molecule has 0 bridgehead atoms. The minimum Gasteiger partial charge on any atom is -0.468 e. The predicted octanol–water partition coefficient (Wildman–Crippen LogP) is 4.58. The number of hydrogen-bond donors (Lipinski definition) is 1. The van der Waals surface area contributed by atoms with Crippen LogP contribution in [0.5, 0.6) is 0 Å². The Morgan fingerprint density at radius 1 is 1.38 bits per heavy atom. The first-order valence-corrected chi connectivity index (χ1v) is 10.2. The minimum atomic E-state index is -0.447. The van der Waals surface area contributed by atoms with Gasteiger partial charge in [-0.25, -0.2) is 4.98 Å². The Hall–Kier alpha value is -3.08. The van der Waals surface area contributed by atoms with Crippen molar-refractivity contribution in [3.05, 3.63) is 58.2 Å². The number of nitrogens with one attached hydrogen (secondary N) is 1. The number of aromatic nitrogens is 2. The first-order valence-electron chi connectivity index (χ1n) is 9.01. The van der Waals surface area contributed by atoms with Gasteiger partial charge < -0.3 is 14.6 Å². The summed E-state index contributed by atoms with van der Waals surface area (Å²) in [6.07, 6.45) is 0. The molecule has 6 nitrogen and oxygen atoms in total. The Morgan fingerprint density at radius 3 is 3.03 bits per heavy atom. The van der Waals surface area contributed by atoms with Crippen LogP contribution in [0.1, 0.15) is 22.7 Å². The molecule has 1 N–H and O–H groups in total. The zero-order chi connectivity index (χ0) is 20.1. The summed E-state index contributed by atoms with van der Waals surface area (Å²) < 4.78 is 6.05. The van der Waals surface area contributed by atoms with Crippen molar-refractivity contribution < 1.29 is 9.53 Å². The molecule has 1 aliphatic rings. The number of H-pyrrole nitrogens is 1. The van der Waals surface area contributed by atoms with Gasteiger partial charge in [0.05, 0.1) is 35.5 Å². The molecule has 0 radical (unpaired) electrons. The summed E-state index contributed by atoms with van der Waals surface area (Å²) >= 11 is 7.72. The molecular weight excluding hydrogens is 408 g/mol. The topological polar surface area (TPSA) is 82.0 Å². The van der Waals surface area contributed by atoms with Gasteiger partial charge in [0, 0.05) is 28.2 Å². The molecule has 3 heterocycles. The molecule has 4 aromatic rings. The van der Waals surface area contributed by atoms with Crippen LogP contribution in [-0.2, 0) is 16.1 Å². The third-order valence-electron chi connectivity index (χ3n) is 5.25. The summed E-state index contributed by atoms with van der Waals surface area (Å²) in [4.78, 5) is 22.9. The fourth-order valence-electron chi connectivity index (χ4n) is 3.93. The van der Waals surface area contributed by atoms with Gasteiger partial charge in [-0.1, -0.05) is 22.9 Å². The lowest BCUT2D eigenvalue weighted by atomic mass is 9.92. The summed E-state index contributed by atoms with van der Waals surface area (Å²) in [5.74, 6) is -0.734. The molecule has 1 unspecified atom stereocenters. The van der Waals surface area contributed by atoms with E-state index >= 15 is 0 Å². The highest BCUT2D eigenvalue weighted by Crippen LogP contribution is 2.40. The maximum Gasteiger partial charge on any atom is 0.315 e. The number of hydrogen-bond acceptors (Lipinski definition) is 6. The second kappa shape index (κ2) is 6.76. The fraction of sp³-hybridized carbons (Fsp3) is 0.190. The zero-order valence-corrected chi connectivity index (χ0v) is 17.0. The van der Waals surface area contributed by atoms with E-state index in [0.717, 1.165) is 37.5 Å². The van der Waals surface area contributed by atoms with Crippen molar-refractivity contribution in [3.8, 4) is 6.07 Å². The molecule has 1 atom stereocenters. The van der Waals surface area contributed by atoms with E-state index < -0.39 is 5.92 Å². The molecule has 0 aliphatic carbocycles. The van der Waals surface area contributed by atoms with Gasteiger partial charge in [0.15, 0.2) is 5.13 Å². The van der Waals surface area contributed by atoms with E-state index in [4.69, 9.17) is 26.6 Å². The highest BCUT2D eigenvalue weighted by Gasteiger charge is 2.35. The van der Waals surface area contributed by atoms with Crippen molar-refractivity contribution in [1.29, 1.82) is 5.26 Å². The number of nitriles is 1. The average molecular weight is 423 g/mol.